The molecule has 0 unspecified atom stereocenters. The molecule has 0 N–H and O–H groups in total. The van der Waals surface area contributed by atoms with Crippen LogP contribution in [0.15, 0.2) is 18.2 Å². The van der Waals surface area contributed by atoms with Crippen LogP contribution in [0.25, 0.3) is 0 Å². The molecule has 3 heteroatoms. The minimum atomic E-state index is -0.405. The largest absolute Gasteiger partial charge is 0.371 e. The molecule has 0 radical (unpaired) electrons. The smallest absolute Gasteiger partial charge is 0.164 e. The van der Waals surface area contributed by atoms with Gasteiger partial charge in [-0.25, -0.2) is 4.39 Å². The van der Waals surface area contributed by atoms with Crippen LogP contribution in [0.2, 0.25) is 0 Å². The SMILES string of the molecule is CCC1(CC)CCN(c2cccc(F)c2C(C)=O)CC1. The molecule has 0 amide bonds. The Morgan fingerprint density at radius 2 is 1.85 bits per heavy atom. The maximum absolute atomic E-state index is 13.9. The van der Waals surface area contributed by atoms with E-state index in [-0.39, 0.29) is 11.3 Å². The molecule has 1 fully saturated rings. The fourth-order valence-corrected chi connectivity index (χ4v) is 3.30. The fourth-order valence-electron chi connectivity index (χ4n) is 3.30. The molecule has 0 spiro atoms. The van der Waals surface area contributed by atoms with Crippen LogP contribution in [-0.2, 0) is 0 Å². The van der Waals surface area contributed by atoms with Crippen molar-refractivity contribution in [3.05, 3.63) is 29.6 Å². The number of nitrogens with zero attached hydrogens (tertiary/aromatic N) is 1. The van der Waals surface area contributed by atoms with Crippen molar-refractivity contribution >= 4 is 11.5 Å². The molecule has 1 aromatic rings. The number of carbonyl (C=O) groups is 1. The summed E-state index contributed by atoms with van der Waals surface area (Å²) >= 11 is 0. The summed E-state index contributed by atoms with van der Waals surface area (Å²) in [5.74, 6) is -0.598. The average molecular weight is 277 g/mol. The van der Waals surface area contributed by atoms with Gasteiger partial charge in [0.2, 0.25) is 0 Å². The van der Waals surface area contributed by atoms with Gasteiger partial charge in [-0.1, -0.05) is 32.8 Å². The number of hydrogen-bond acceptors (Lipinski definition) is 2. The van der Waals surface area contributed by atoms with E-state index < -0.39 is 5.82 Å². The standard InChI is InChI=1S/C17H24FNO/c1-4-17(5-2)9-11-19(12-10-17)15-8-6-7-14(18)16(15)13(3)20/h6-8H,4-5,9-12H2,1-3H3. The van der Waals surface area contributed by atoms with E-state index in [2.05, 4.69) is 18.7 Å². The molecule has 1 heterocycles. The molecular formula is C17H24FNO. The van der Waals surface area contributed by atoms with Gasteiger partial charge in [0, 0.05) is 13.1 Å². The molecular weight excluding hydrogens is 253 g/mol. The van der Waals surface area contributed by atoms with Crippen LogP contribution >= 0.6 is 0 Å². The van der Waals surface area contributed by atoms with Crippen molar-refractivity contribution in [2.45, 2.75) is 46.5 Å². The average Bonchev–Trinajstić information content (AvgIpc) is 2.46. The molecule has 1 aromatic carbocycles. The monoisotopic (exact) mass is 277 g/mol. The number of hydrogen-bond donors (Lipinski definition) is 0. The van der Waals surface area contributed by atoms with Crippen molar-refractivity contribution in [2.24, 2.45) is 5.41 Å². The topological polar surface area (TPSA) is 20.3 Å². The summed E-state index contributed by atoms with van der Waals surface area (Å²) in [7, 11) is 0. The van der Waals surface area contributed by atoms with Gasteiger partial charge in [-0.15, -0.1) is 0 Å². The number of anilines is 1. The summed E-state index contributed by atoms with van der Waals surface area (Å²) in [6.07, 6.45) is 4.63. The summed E-state index contributed by atoms with van der Waals surface area (Å²) in [5.41, 5.74) is 1.44. The third-order valence-electron chi connectivity index (χ3n) is 5.01. The molecule has 1 aliphatic rings. The fraction of sp³-hybridized carbons (Fsp3) is 0.588. The Morgan fingerprint density at radius 1 is 1.25 bits per heavy atom. The predicted octanol–water partition coefficient (Wildman–Crippen LogP) is 4.43. The lowest BCUT2D eigenvalue weighted by molar-refractivity contribution is 0.101. The second-order valence-electron chi connectivity index (χ2n) is 5.88. The van der Waals surface area contributed by atoms with Crippen LogP contribution in [0.1, 0.15) is 56.8 Å². The van der Waals surface area contributed by atoms with E-state index in [1.165, 1.54) is 25.8 Å². The van der Waals surface area contributed by atoms with Crippen molar-refractivity contribution in [1.82, 2.24) is 0 Å². The second-order valence-corrected chi connectivity index (χ2v) is 5.88. The number of ketones is 1. The van der Waals surface area contributed by atoms with Gasteiger partial charge in [0.05, 0.1) is 11.3 Å². The van der Waals surface area contributed by atoms with Crippen molar-refractivity contribution in [3.8, 4) is 0 Å². The minimum Gasteiger partial charge on any atom is -0.371 e. The first-order valence-corrected chi connectivity index (χ1v) is 7.57. The van der Waals surface area contributed by atoms with Gasteiger partial charge in [-0.3, -0.25) is 4.79 Å². The lowest BCUT2D eigenvalue weighted by Gasteiger charge is -2.42. The van der Waals surface area contributed by atoms with Gasteiger partial charge in [-0.2, -0.15) is 0 Å². The van der Waals surface area contributed by atoms with E-state index in [0.29, 0.717) is 5.41 Å². The van der Waals surface area contributed by atoms with E-state index in [0.717, 1.165) is 31.6 Å². The van der Waals surface area contributed by atoms with Crippen LogP contribution in [0.4, 0.5) is 10.1 Å². The van der Waals surface area contributed by atoms with Crippen molar-refractivity contribution in [1.29, 1.82) is 0 Å². The van der Waals surface area contributed by atoms with Crippen molar-refractivity contribution < 1.29 is 9.18 Å². The molecule has 0 aliphatic carbocycles. The highest BCUT2D eigenvalue weighted by molar-refractivity contribution is 6.00. The van der Waals surface area contributed by atoms with Crippen LogP contribution < -0.4 is 4.90 Å². The highest BCUT2D eigenvalue weighted by Gasteiger charge is 2.32. The highest BCUT2D eigenvalue weighted by atomic mass is 19.1. The number of benzene rings is 1. The molecule has 0 atom stereocenters. The maximum atomic E-state index is 13.9. The molecule has 1 aliphatic heterocycles. The zero-order chi connectivity index (χ0) is 14.8. The maximum Gasteiger partial charge on any atom is 0.164 e. The predicted molar refractivity (Wildman–Crippen MR) is 80.9 cm³/mol. The summed E-state index contributed by atoms with van der Waals surface area (Å²) in [4.78, 5) is 13.9. The molecule has 2 nitrogen and oxygen atoms in total. The lowest BCUT2D eigenvalue weighted by Crippen LogP contribution is -2.40. The summed E-state index contributed by atoms with van der Waals surface area (Å²) in [5, 5.41) is 0. The Bertz CT molecular complexity index is 484. The lowest BCUT2D eigenvalue weighted by atomic mass is 9.74. The van der Waals surface area contributed by atoms with Crippen LogP contribution in [0.3, 0.4) is 0 Å². The Kier molecular flexibility index (Phi) is 4.46. The number of carbonyl (C=O) groups excluding carboxylic acids is 1. The van der Waals surface area contributed by atoms with Crippen molar-refractivity contribution in [2.75, 3.05) is 18.0 Å². The number of piperidine rings is 1. The molecule has 110 valence electrons. The number of halogens is 1. The van der Waals surface area contributed by atoms with Gasteiger partial charge >= 0.3 is 0 Å². The van der Waals surface area contributed by atoms with Crippen LogP contribution in [-0.4, -0.2) is 18.9 Å². The first-order chi connectivity index (χ1) is 9.53. The van der Waals surface area contributed by atoms with E-state index in [9.17, 15) is 9.18 Å². The highest BCUT2D eigenvalue weighted by Crippen LogP contribution is 2.39. The Labute approximate surface area is 121 Å². The third kappa shape index (κ3) is 2.72. The Morgan fingerprint density at radius 3 is 2.35 bits per heavy atom. The van der Waals surface area contributed by atoms with E-state index in [1.807, 2.05) is 6.07 Å². The normalized spacial score (nSPS) is 18.1. The zero-order valence-electron chi connectivity index (χ0n) is 12.7. The summed E-state index contributed by atoms with van der Waals surface area (Å²) < 4.78 is 13.9. The number of Topliss-reactive ketones (excluding diaryl/α,β-unsaturated/α-hetero) is 1. The molecule has 0 bridgehead atoms. The van der Waals surface area contributed by atoms with E-state index in [1.54, 1.807) is 6.07 Å². The van der Waals surface area contributed by atoms with Gasteiger partial charge in [0.25, 0.3) is 0 Å². The van der Waals surface area contributed by atoms with Gasteiger partial charge in [0.15, 0.2) is 5.78 Å². The van der Waals surface area contributed by atoms with Gasteiger partial charge in [0.1, 0.15) is 5.82 Å². The van der Waals surface area contributed by atoms with E-state index in [4.69, 9.17) is 0 Å². The Balaban J connectivity index is 2.23. The molecule has 20 heavy (non-hydrogen) atoms. The third-order valence-corrected chi connectivity index (χ3v) is 5.01. The molecule has 2 rings (SSSR count). The molecule has 1 saturated heterocycles. The summed E-state index contributed by atoms with van der Waals surface area (Å²) in [6.45, 7) is 7.76. The first-order valence-electron chi connectivity index (χ1n) is 7.57. The quantitative estimate of drug-likeness (QED) is 0.759. The van der Waals surface area contributed by atoms with Gasteiger partial charge in [-0.05, 0) is 37.3 Å². The zero-order valence-corrected chi connectivity index (χ0v) is 12.7. The van der Waals surface area contributed by atoms with E-state index >= 15 is 0 Å². The minimum absolute atomic E-state index is 0.194. The molecule has 0 saturated carbocycles. The second kappa shape index (κ2) is 5.94. The van der Waals surface area contributed by atoms with Crippen LogP contribution in [0, 0.1) is 11.2 Å². The Hall–Kier alpha value is -1.38. The van der Waals surface area contributed by atoms with Gasteiger partial charge < -0.3 is 4.90 Å². The summed E-state index contributed by atoms with van der Waals surface area (Å²) in [6, 6.07) is 4.93. The molecule has 0 aromatic heterocycles. The first kappa shape index (κ1) is 15.0. The van der Waals surface area contributed by atoms with Crippen molar-refractivity contribution in [3.63, 3.8) is 0 Å². The number of rotatable bonds is 4. The van der Waals surface area contributed by atoms with Crippen LogP contribution in [0.5, 0.6) is 0 Å².